The molecular formula is C47H44O5. The van der Waals surface area contributed by atoms with Crippen LogP contribution in [0.15, 0.2) is 115 Å². The van der Waals surface area contributed by atoms with Crippen molar-refractivity contribution in [3.63, 3.8) is 0 Å². The zero-order valence-corrected chi connectivity index (χ0v) is 31.1. The molecule has 262 valence electrons. The second-order valence-corrected chi connectivity index (χ2v) is 14.7. The number of fused-ring (bicyclic) bond motifs is 8. The Morgan fingerprint density at radius 3 is 1.65 bits per heavy atom. The lowest BCUT2D eigenvalue weighted by atomic mass is 9.54. The molecule has 2 aliphatic rings. The molecular weight excluding hydrogens is 645 g/mol. The maximum absolute atomic E-state index is 7.60. The number of hydrogen-bond acceptors (Lipinski definition) is 5. The number of benzene rings is 6. The Balaban J connectivity index is 1.49. The van der Waals surface area contributed by atoms with Crippen LogP contribution in [0.25, 0.3) is 39.1 Å². The summed E-state index contributed by atoms with van der Waals surface area (Å²) in [5.41, 5.74) is 8.80. The summed E-state index contributed by atoms with van der Waals surface area (Å²) in [7, 11) is 6.80. The molecule has 0 saturated heterocycles. The van der Waals surface area contributed by atoms with E-state index in [1.807, 2.05) is 36.4 Å². The van der Waals surface area contributed by atoms with Crippen LogP contribution in [-0.4, -0.2) is 28.4 Å². The average molecular weight is 689 g/mol. The summed E-state index contributed by atoms with van der Waals surface area (Å²) in [6.07, 6.45) is 4.51. The van der Waals surface area contributed by atoms with E-state index >= 15 is 0 Å². The van der Waals surface area contributed by atoms with Crippen molar-refractivity contribution in [2.45, 2.75) is 44.1 Å². The van der Waals surface area contributed by atoms with Crippen LogP contribution in [0.5, 0.6) is 28.7 Å². The molecule has 0 fully saturated rings. The van der Waals surface area contributed by atoms with Crippen LogP contribution in [0.2, 0.25) is 0 Å². The minimum absolute atomic E-state index is 0.183. The lowest BCUT2D eigenvalue weighted by Crippen LogP contribution is -2.44. The molecule has 0 N–H and O–H groups in total. The maximum atomic E-state index is 7.60. The summed E-state index contributed by atoms with van der Waals surface area (Å²) in [6.45, 7) is 9.50. The van der Waals surface area contributed by atoms with Gasteiger partial charge in [-0.15, -0.1) is 0 Å². The van der Waals surface area contributed by atoms with Crippen molar-refractivity contribution in [3.8, 4) is 51.0 Å². The third-order valence-electron chi connectivity index (χ3n) is 11.9. The minimum atomic E-state index is -0.944. The monoisotopic (exact) mass is 688 g/mol. The molecule has 0 aromatic heterocycles. The molecule has 1 aliphatic heterocycles. The van der Waals surface area contributed by atoms with Gasteiger partial charge >= 0.3 is 0 Å². The van der Waals surface area contributed by atoms with E-state index < -0.39 is 5.60 Å². The zero-order chi connectivity index (χ0) is 36.4. The maximum Gasteiger partial charge on any atom is 0.178 e. The first kappa shape index (κ1) is 33.5. The summed E-state index contributed by atoms with van der Waals surface area (Å²) in [6, 6.07) is 37.8. The lowest BCUT2D eigenvalue weighted by Gasteiger charge is -2.50. The summed E-state index contributed by atoms with van der Waals surface area (Å²) >= 11 is 0. The number of ether oxygens (including phenoxy) is 5. The average Bonchev–Trinajstić information content (AvgIpc) is 3.19. The molecule has 1 aliphatic carbocycles. The second-order valence-electron chi connectivity index (χ2n) is 14.7. The van der Waals surface area contributed by atoms with Crippen molar-refractivity contribution in [1.29, 1.82) is 0 Å². The van der Waals surface area contributed by atoms with Crippen LogP contribution in [0.1, 0.15) is 55.5 Å². The molecule has 52 heavy (non-hydrogen) atoms. The van der Waals surface area contributed by atoms with Gasteiger partial charge in [0.15, 0.2) is 5.60 Å². The lowest BCUT2D eigenvalue weighted by molar-refractivity contribution is 0.162. The summed E-state index contributed by atoms with van der Waals surface area (Å²) in [4.78, 5) is 0. The van der Waals surface area contributed by atoms with Gasteiger partial charge in [0.2, 0.25) is 0 Å². The van der Waals surface area contributed by atoms with Crippen LogP contribution < -0.4 is 23.7 Å². The van der Waals surface area contributed by atoms with E-state index in [2.05, 4.69) is 113 Å². The third kappa shape index (κ3) is 4.82. The largest absolute Gasteiger partial charge is 0.497 e. The van der Waals surface area contributed by atoms with E-state index in [-0.39, 0.29) is 10.8 Å². The molecule has 6 aromatic rings. The van der Waals surface area contributed by atoms with Gasteiger partial charge in [-0.1, -0.05) is 94.4 Å². The highest BCUT2D eigenvalue weighted by Crippen LogP contribution is 2.61. The highest BCUT2D eigenvalue weighted by Gasteiger charge is 2.49. The molecule has 8 rings (SSSR count). The standard InChI is InChI=1S/C47H44O5/c1-45(2)40-12-10-9-11-35(40)42-38-27-37(29-13-19-32(48-5)20-14-29)41(51-8)28-39(38)44-36(43(42)46(45,3)4)25-26-47(52-44,30-15-21-33(49-6)22-16-30)31-17-23-34(50-7)24-18-31/h9-28H,1-8H3. The van der Waals surface area contributed by atoms with E-state index in [1.165, 1.54) is 22.3 Å². The van der Waals surface area contributed by atoms with Gasteiger partial charge in [0.1, 0.15) is 28.7 Å². The third-order valence-corrected chi connectivity index (χ3v) is 11.9. The molecule has 6 aromatic carbocycles. The zero-order valence-electron chi connectivity index (χ0n) is 31.1. The Kier molecular flexibility index (Phi) is 7.87. The molecule has 0 atom stereocenters. The van der Waals surface area contributed by atoms with Gasteiger partial charge < -0.3 is 23.7 Å². The van der Waals surface area contributed by atoms with E-state index in [0.29, 0.717) is 0 Å². The van der Waals surface area contributed by atoms with Crippen molar-refractivity contribution in [2.75, 3.05) is 28.4 Å². The Morgan fingerprint density at radius 2 is 1.10 bits per heavy atom. The molecule has 0 amide bonds. The Morgan fingerprint density at radius 1 is 0.538 bits per heavy atom. The van der Waals surface area contributed by atoms with E-state index in [1.54, 1.807) is 28.4 Å². The Hall–Kier alpha value is -5.68. The predicted octanol–water partition coefficient (Wildman–Crippen LogP) is 11.1. The van der Waals surface area contributed by atoms with Gasteiger partial charge in [-0.05, 0) is 93.2 Å². The molecule has 0 spiro atoms. The number of rotatable bonds is 7. The van der Waals surface area contributed by atoms with Crippen LogP contribution in [0, 0.1) is 0 Å². The van der Waals surface area contributed by atoms with Crippen LogP contribution in [0.3, 0.4) is 0 Å². The van der Waals surface area contributed by atoms with Crippen molar-refractivity contribution in [3.05, 3.63) is 143 Å². The smallest absolute Gasteiger partial charge is 0.178 e. The minimum Gasteiger partial charge on any atom is -0.497 e. The number of methoxy groups -OCH3 is 4. The van der Waals surface area contributed by atoms with Gasteiger partial charge in [0, 0.05) is 33.1 Å². The molecule has 1 heterocycles. The van der Waals surface area contributed by atoms with Crippen LogP contribution in [0.4, 0.5) is 0 Å². The van der Waals surface area contributed by atoms with Crippen molar-refractivity contribution < 1.29 is 23.7 Å². The fourth-order valence-electron chi connectivity index (χ4n) is 8.31. The van der Waals surface area contributed by atoms with E-state index in [4.69, 9.17) is 23.7 Å². The molecule has 0 radical (unpaired) electrons. The molecule has 0 bridgehead atoms. The second kappa shape index (κ2) is 12.2. The van der Waals surface area contributed by atoms with Gasteiger partial charge in [-0.25, -0.2) is 0 Å². The van der Waals surface area contributed by atoms with Gasteiger partial charge in [-0.3, -0.25) is 0 Å². The molecule has 5 heteroatoms. The highest BCUT2D eigenvalue weighted by atomic mass is 16.5. The van der Waals surface area contributed by atoms with Gasteiger partial charge in [0.25, 0.3) is 0 Å². The molecule has 5 nitrogen and oxygen atoms in total. The summed E-state index contributed by atoms with van der Waals surface area (Å²) in [5.74, 6) is 3.96. The topological polar surface area (TPSA) is 46.2 Å². The Bertz CT molecular complexity index is 2300. The van der Waals surface area contributed by atoms with E-state index in [0.717, 1.165) is 67.3 Å². The molecule has 0 unspecified atom stereocenters. The van der Waals surface area contributed by atoms with Crippen molar-refractivity contribution in [1.82, 2.24) is 0 Å². The van der Waals surface area contributed by atoms with Gasteiger partial charge in [0.05, 0.1) is 28.4 Å². The Labute approximate surface area is 306 Å². The first-order chi connectivity index (χ1) is 25.1. The SMILES string of the molecule is COc1ccc(-c2cc3c4c(c5c(c3cc2OC)OC(c2ccc(OC)cc2)(c2ccc(OC)cc2)C=C5)C(C)(C)C(C)(C)c2ccccc2-4)cc1. The summed E-state index contributed by atoms with van der Waals surface area (Å²) < 4.78 is 30.4. The van der Waals surface area contributed by atoms with E-state index in [9.17, 15) is 0 Å². The molecule has 0 saturated carbocycles. The fraction of sp³-hybridized carbons (Fsp3) is 0.234. The quantitative estimate of drug-likeness (QED) is 0.167. The normalized spacial score (nSPS) is 15.8. The first-order valence-corrected chi connectivity index (χ1v) is 17.7. The fourth-order valence-corrected chi connectivity index (χ4v) is 8.31. The van der Waals surface area contributed by atoms with Crippen LogP contribution in [-0.2, 0) is 16.4 Å². The summed E-state index contributed by atoms with van der Waals surface area (Å²) in [5, 5.41) is 2.11. The van der Waals surface area contributed by atoms with Gasteiger partial charge in [-0.2, -0.15) is 0 Å². The highest BCUT2D eigenvalue weighted by molar-refractivity contribution is 6.09. The van der Waals surface area contributed by atoms with Crippen LogP contribution >= 0.6 is 0 Å². The van der Waals surface area contributed by atoms with Crippen molar-refractivity contribution in [2.24, 2.45) is 0 Å². The van der Waals surface area contributed by atoms with Crippen molar-refractivity contribution >= 4 is 16.8 Å². The number of hydrogen-bond donors (Lipinski definition) is 0. The first-order valence-electron chi connectivity index (χ1n) is 17.7. The predicted molar refractivity (Wildman–Crippen MR) is 210 cm³/mol.